The number of carbonyl (C=O) groups excluding carboxylic acids is 1. The third kappa shape index (κ3) is 3.23. The van der Waals surface area contributed by atoms with Crippen LogP contribution in [0.2, 0.25) is 0 Å². The van der Waals surface area contributed by atoms with Crippen LogP contribution in [0.15, 0.2) is 24.5 Å². The van der Waals surface area contributed by atoms with Gasteiger partial charge in [-0.1, -0.05) is 0 Å². The SMILES string of the molecule is O=C(NC12CC3CC(CC(C3)C1)C2)c1cc2cnccc2n1CCCCCF. The molecule has 4 bridgehead atoms. The number of amides is 1. The molecule has 0 aromatic carbocycles. The maximum Gasteiger partial charge on any atom is 0.268 e. The Labute approximate surface area is 165 Å². The van der Waals surface area contributed by atoms with Crippen molar-refractivity contribution in [3.05, 3.63) is 30.2 Å². The Bertz CT molecular complexity index is 839. The van der Waals surface area contributed by atoms with Gasteiger partial charge in [-0.25, -0.2) is 0 Å². The number of hydrogen-bond donors (Lipinski definition) is 1. The van der Waals surface area contributed by atoms with Gasteiger partial charge in [0.2, 0.25) is 0 Å². The van der Waals surface area contributed by atoms with Gasteiger partial charge in [0.1, 0.15) is 5.69 Å². The number of hydrogen-bond acceptors (Lipinski definition) is 2. The number of unbranched alkanes of at least 4 members (excludes halogenated alkanes) is 2. The van der Waals surface area contributed by atoms with Crippen LogP contribution >= 0.6 is 0 Å². The van der Waals surface area contributed by atoms with Crippen LogP contribution in [0.25, 0.3) is 10.9 Å². The van der Waals surface area contributed by atoms with Gasteiger partial charge in [0.15, 0.2) is 0 Å². The molecule has 4 aliphatic rings. The van der Waals surface area contributed by atoms with Crippen LogP contribution in [0.5, 0.6) is 0 Å². The fraction of sp³-hybridized carbons (Fsp3) is 0.652. The normalized spacial score (nSPS) is 30.8. The third-order valence-corrected chi connectivity index (χ3v) is 7.37. The van der Waals surface area contributed by atoms with E-state index in [4.69, 9.17) is 0 Å². The van der Waals surface area contributed by atoms with Gasteiger partial charge >= 0.3 is 0 Å². The predicted octanol–water partition coefficient (Wildman–Crippen LogP) is 4.87. The summed E-state index contributed by atoms with van der Waals surface area (Å²) in [5.41, 5.74) is 1.80. The first-order valence-corrected chi connectivity index (χ1v) is 11.0. The lowest BCUT2D eigenvalue weighted by molar-refractivity contribution is -0.0168. The molecule has 2 aromatic heterocycles. The van der Waals surface area contributed by atoms with Crippen molar-refractivity contribution in [2.24, 2.45) is 17.8 Å². The molecular formula is C23H30FN3O. The van der Waals surface area contributed by atoms with Crippen molar-refractivity contribution in [3.63, 3.8) is 0 Å². The lowest BCUT2D eigenvalue weighted by Gasteiger charge is -2.56. The fourth-order valence-corrected chi connectivity index (χ4v) is 6.65. The molecule has 4 aliphatic carbocycles. The third-order valence-electron chi connectivity index (χ3n) is 7.37. The number of aryl methyl sites for hydroxylation is 1. The first-order chi connectivity index (χ1) is 13.7. The summed E-state index contributed by atoms with van der Waals surface area (Å²) < 4.78 is 14.6. The molecular weight excluding hydrogens is 353 g/mol. The Morgan fingerprint density at radius 3 is 2.54 bits per heavy atom. The van der Waals surface area contributed by atoms with Gasteiger partial charge in [-0.2, -0.15) is 0 Å². The molecule has 6 rings (SSSR count). The Kier molecular flexibility index (Phi) is 4.64. The van der Waals surface area contributed by atoms with Crippen molar-refractivity contribution in [1.82, 2.24) is 14.9 Å². The summed E-state index contributed by atoms with van der Waals surface area (Å²) in [4.78, 5) is 17.6. The second kappa shape index (κ2) is 7.16. The van der Waals surface area contributed by atoms with Gasteiger partial charge in [-0.15, -0.1) is 0 Å². The first-order valence-electron chi connectivity index (χ1n) is 11.0. The van der Waals surface area contributed by atoms with E-state index in [9.17, 15) is 9.18 Å². The van der Waals surface area contributed by atoms with E-state index >= 15 is 0 Å². The number of carbonyl (C=O) groups is 1. The summed E-state index contributed by atoms with van der Waals surface area (Å²) in [5.74, 6) is 2.48. The lowest BCUT2D eigenvalue weighted by Crippen LogP contribution is -2.60. The highest BCUT2D eigenvalue weighted by Gasteiger charge is 2.51. The van der Waals surface area contributed by atoms with Gasteiger partial charge in [-0.05, 0) is 87.7 Å². The molecule has 0 radical (unpaired) electrons. The van der Waals surface area contributed by atoms with E-state index in [0.29, 0.717) is 6.42 Å². The number of pyridine rings is 1. The van der Waals surface area contributed by atoms with Crippen molar-refractivity contribution in [2.45, 2.75) is 69.9 Å². The Balaban J connectivity index is 1.40. The molecule has 2 heterocycles. The van der Waals surface area contributed by atoms with Crippen LogP contribution in [0.3, 0.4) is 0 Å². The lowest BCUT2D eigenvalue weighted by atomic mass is 9.53. The predicted molar refractivity (Wildman–Crippen MR) is 108 cm³/mol. The molecule has 0 spiro atoms. The molecule has 150 valence electrons. The van der Waals surface area contributed by atoms with Crippen LogP contribution < -0.4 is 5.32 Å². The zero-order chi connectivity index (χ0) is 19.1. The number of fused-ring (bicyclic) bond motifs is 1. The zero-order valence-corrected chi connectivity index (χ0v) is 16.5. The second-order valence-corrected chi connectivity index (χ2v) is 9.52. The average Bonchev–Trinajstić information content (AvgIpc) is 3.03. The van der Waals surface area contributed by atoms with Crippen molar-refractivity contribution in [2.75, 3.05) is 6.67 Å². The molecule has 4 fully saturated rings. The van der Waals surface area contributed by atoms with Gasteiger partial charge in [0, 0.05) is 29.9 Å². The van der Waals surface area contributed by atoms with Crippen LogP contribution in [-0.2, 0) is 6.54 Å². The Hall–Kier alpha value is -1.91. The van der Waals surface area contributed by atoms with Crippen molar-refractivity contribution >= 4 is 16.8 Å². The average molecular weight is 384 g/mol. The number of alkyl halides is 1. The number of aromatic nitrogens is 2. The van der Waals surface area contributed by atoms with E-state index in [0.717, 1.165) is 73.0 Å². The topological polar surface area (TPSA) is 46.9 Å². The van der Waals surface area contributed by atoms with Crippen molar-refractivity contribution in [3.8, 4) is 0 Å². The molecule has 1 amide bonds. The zero-order valence-electron chi connectivity index (χ0n) is 16.5. The van der Waals surface area contributed by atoms with E-state index in [-0.39, 0.29) is 18.1 Å². The highest BCUT2D eigenvalue weighted by Crippen LogP contribution is 2.55. The summed E-state index contributed by atoms with van der Waals surface area (Å²) in [6.45, 7) is 0.479. The monoisotopic (exact) mass is 383 g/mol. The highest BCUT2D eigenvalue weighted by atomic mass is 19.1. The largest absolute Gasteiger partial charge is 0.345 e. The van der Waals surface area contributed by atoms with Crippen LogP contribution in [0.1, 0.15) is 68.3 Å². The molecule has 2 aromatic rings. The molecule has 4 saturated carbocycles. The maximum atomic E-state index is 13.4. The van der Waals surface area contributed by atoms with E-state index in [2.05, 4.69) is 14.9 Å². The van der Waals surface area contributed by atoms with E-state index < -0.39 is 0 Å². The summed E-state index contributed by atoms with van der Waals surface area (Å²) in [6.07, 6.45) is 13.5. The standard InChI is InChI=1S/C23H30FN3O/c24-5-2-1-3-7-27-20-4-6-25-15-19(20)11-21(27)22(28)26-23-12-16-8-17(13-23)10-18(9-16)14-23/h4,6,11,15-18H,1-3,5,7-10,12-14H2,(H,26,28). The smallest absolute Gasteiger partial charge is 0.268 e. The minimum absolute atomic E-state index is 0.0135. The molecule has 0 unspecified atom stereocenters. The van der Waals surface area contributed by atoms with Crippen LogP contribution in [0, 0.1) is 17.8 Å². The summed E-state index contributed by atoms with van der Waals surface area (Å²) in [6, 6.07) is 3.96. The summed E-state index contributed by atoms with van der Waals surface area (Å²) in [7, 11) is 0. The quantitative estimate of drug-likeness (QED) is 0.693. The fourth-order valence-electron chi connectivity index (χ4n) is 6.65. The molecule has 0 saturated heterocycles. The number of halogens is 1. The first kappa shape index (κ1) is 18.1. The maximum absolute atomic E-state index is 13.4. The van der Waals surface area contributed by atoms with Crippen LogP contribution in [0.4, 0.5) is 4.39 Å². The molecule has 1 N–H and O–H groups in total. The van der Waals surface area contributed by atoms with Gasteiger partial charge in [-0.3, -0.25) is 14.2 Å². The molecule has 0 aliphatic heterocycles. The number of nitrogens with one attached hydrogen (secondary N) is 1. The van der Waals surface area contributed by atoms with Gasteiger partial charge in [0.25, 0.3) is 5.91 Å². The highest BCUT2D eigenvalue weighted by molar-refractivity contribution is 5.99. The summed E-state index contributed by atoms with van der Waals surface area (Å²) in [5, 5.41) is 4.51. The minimum atomic E-state index is -0.268. The second-order valence-electron chi connectivity index (χ2n) is 9.52. The van der Waals surface area contributed by atoms with E-state index in [1.165, 1.54) is 19.3 Å². The minimum Gasteiger partial charge on any atom is -0.345 e. The molecule has 0 atom stereocenters. The molecule has 4 nitrogen and oxygen atoms in total. The summed E-state index contributed by atoms with van der Waals surface area (Å²) >= 11 is 0. The van der Waals surface area contributed by atoms with Crippen molar-refractivity contribution in [1.29, 1.82) is 0 Å². The van der Waals surface area contributed by atoms with E-state index in [1.807, 2.05) is 18.3 Å². The van der Waals surface area contributed by atoms with Gasteiger partial charge in [0.05, 0.1) is 12.2 Å². The molecule has 28 heavy (non-hydrogen) atoms. The number of rotatable bonds is 7. The van der Waals surface area contributed by atoms with E-state index in [1.54, 1.807) is 6.20 Å². The Morgan fingerprint density at radius 1 is 1.14 bits per heavy atom. The van der Waals surface area contributed by atoms with Crippen molar-refractivity contribution < 1.29 is 9.18 Å². The Morgan fingerprint density at radius 2 is 1.86 bits per heavy atom. The van der Waals surface area contributed by atoms with Gasteiger partial charge < -0.3 is 9.88 Å². The van der Waals surface area contributed by atoms with Crippen LogP contribution in [-0.4, -0.2) is 27.7 Å². The molecule has 5 heteroatoms. The number of nitrogens with zero attached hydrogens (tertiary/aromatic N) is 2.